The van der Waals surface area contributed by atoms with Crippen LogP contribution < -0.4 is 5.32 Å². The second-order valence-electron chi connectivity index (χ2n) is 6.94. The van der Waals surface area contributed by atoms with Crippen LogP contribution in [0.5, 0.6) is 0 Å². The molecule has 1 fully saturated rings. The van der Waals surface area contributed by atoms with E-state index in [9.17, 15) is 4.79 Å². The van der Waals surface area contributed by atoms with Crippen molar-refractivity contribution in [3.63, 3.8) is 0 Å². The number of aromatic nitrogens is 2. The number of benzene rings is 1. The molecule has 1 atom stereocenters. The lowest BCUT2D eigenvalue weighted by Crippen LogP contribution is -2.31. The fourth-order valence-corrected chi connectivity index (χ4v) is 3.62. The first-order chi connectivity index (χ1) is 12.2. The molecule has 3 heterocycles. The summed E-state index contributed by atoms with van der Waals surface area (Å²) in [6.45, 7) is 3.26. The molecule has 130 valence electrons. The summed E-state index contributed by atoms with van der Waals surface area (Å²) in [7, 11) is 2.11. The molecule has 0 radical (unpaired) electrons. The molecule has 1 saturated heterocycles. The molecule has 6 heteroatoms. The minimum absolute atomic E-state index is 0.0995. The third-order valence-electron chi connectivity index (χ3n) is 4.96. The molecule has 2 aliphatic rings. The highest BCUT2D eigenvalue weighted by molar-refractivity contribution is 5.80. The van der Waals surface area contributed by atoms with Gasteiger partial charge >= 0.3 is 0 Å². The van der Waals surface area contributed by atoms with Gasteiger partial charge in [0.05, 0.1) is 11.7 Å². The Labute approximate surface area is 147 Å². The predicted molar refractivity (Wildman–Crippen MR) is 96.0 cm³/mol. The summed E-state index contributed by atoms with van der Waals surface area (Å²) in [5, 5.41) is 3.50. The summed E-state index contributed by atoms with van der Waals surface area (Å²) in [6.07, 6.45) is 3.10. The average molecular weight is 337 g/mol. The van der Waals surface area contributed by atoms with Gasteiger partial charge in [0.25, 0.3) is 0 Å². The maximum Gasteiger partial charge on any atom is 0.225 e. The number of anilines is 1. The van der Waals surface area contributed by atoms with Gasteiger partial charge in [-0.15, -0.1) is 0 Å². The molecule has 1 aromatic heterocycles. The lowest BCUT2D eigenvalue weighted by molar-refractivity contribution is -0.128. The van der Waals surface area contributed by atoms with Gasteiger partial charge < -0.3 is 15.1 Å². The van der Waals surface area contributed by atoms with E-state index in [1.54, 1.807) is 6.33 Å². The average Bonchev–Trinajstić information content (AvgIpc) is 2.95. The van der Waals surface area contributed by atoms with Crippen molar-refractivity contribution in [3.05, 3.63) is 53.5 Å². The second kappa shape index (κ2) is 6.80. The number of carbonyl (C=O) groups excluding carboxylic acids is 1. The number of likely N-dealkylation sites (N-methyl/N-ethyl adjacent to an activating group) is 1. The number of nitrogens with zero attached hydrogens (tertiary/aromatic N) is 4. The van der Waals surface area contributed by atoms with E-state index in [2.05, 4.69) is 39.4 Å². The van der Waals surface area contributed by atoms with E-state index < -0.39 is 0 Å². The maximum absolute atomic E-state index is 12.4. The Balaban J connectivity index is 1.45. The quantitative estimate of drug-likeness (QED) is 0.920. The Kier molecular flexibility index (Phi) is 4.36. The largest absolute Gasteiger partial charge is 0.365 e. The summed E-state index contributed by atoms with van der Waals surface area (Å²) in [5.41, 5.74) is 3.46. The summed E-state index contributed by atoms with van der Waals surface area (Å²) < 4.78 is 0. The highest BCUT2D eigenvalue weighted by atomic mass is 16.2. The number of rotatable bonds is 4. The minimum atomic E-state index is 0.0995. The van der Waals surface area contributed by atoms with E-state index in [0.717, 1.165) is 36.6 Å². The third kappa shape index (κ3) is 3.49. The molecule has 1 unspecified atom stereocenters. The molecule has 0 saturated carbocycles. The van der Waals surface area contributed by atoms with Crippen molar-refractivity contribution in [1.82, 2.24) is 19.8 Å². The third-order valence-corrected chi connectivity index (χ3v) is 4.96. The van der Waals surface area contributed by atoms with Crippen LogP contribution in [-0.4, -0.2) is 51.9 Å². The van der Waals surface area contributed by atoms with E-state index in [1.165, 1.54) is 5.56 Å². The van der Waals surface area contributed by atoms with E-state index >= 15 is 0 Å². The van der Waals surface area contributed by atoms with Crippen molar-refractivity contribution in [2.45, 2.75) is 32.0 Å². The second-order valence-corrected chi connectivity index (χ2v) is 6.94. The van der Waals surface area contributed by atoms with E-state index in [-0.39, 0.29) is 11.9 Å². The van der Waals surface area contributed by atoms with E-state index in [1.807, 2.05) is 23.1 Å². The zero-order valence-electron chi connectivity index (χ0n) is 14.5. The van der Waals surface area contributed by atoms with Crippen LogP contribution >= 0.6 is 0 Å². The number of fused-ring (bicyclic) bond motifs is 1. The number of hydrogen-bond donors (Lipinski definition) is 1. The molecule has 2 aromatic rings. The van der Waals surface area contributed by atoms with Crippen molar-refractivity contribution >= 4 is 11.7 Å². The topological polar surface area (TPSA) is 61.4 Å². The molecule has 25 heavy (non-hydrogen) atoms. The van der Waals surface area contributed by atoms with E-state index in [0.29, 0.717) is 19.5 Å². The zero-order chi connectivity index (χ0) is 17.2. The monoisotopic (exact) mass is 337 g/mol. The van der Waals surface area contributed by atoms with Crippen LogP contribution in [0.2, 0.25) is 0 Å². The molecule has 0 aliphatic carbocycles. The Morgan fingerprint density at radius 1 is 1.24 bits per heavy atom. The Morgan fingerprint density at radius 2 is 2.08 bits per heavy atom. The molecule has 0 spiro atoms. The van der Waals surface area contributed by atoms with Crippen molar-refractivity contribution < 1.29 is 4.79 Å². The van der Waals surface area contributed by atoms with Gasteiger partial charge in [-0.25, -0.2) is 9.97 Å². The standard InChI is InChI=1S/C19H23N5O/c1-23-8-7-17-16(12-23)19(21-13-20-17)22-15-9-18(25)24(11-15)10-14-5-3-2-4-6-14/h2-6,13,15H,7-12H2,1H3,(H,20,21,22). The lowest BCUT2D eigenvalue weighted by Gasteiger charge is -2.26. The number of likely N-dealkylation sites (tertiary alicyclic amines) is 1. The number of nitrogens with one attached hydrogen (secondary N) is 1. The van der Waals surface area contributed by atoms with Gasteiger partial charge in [-0.1, -0.05) is 30.3 Å². The molecular formula is C19H23N5O. The molecule has 2 aliphatic heterocycles. The highest BCUT2D eigenvalue weighted by Crippen LogP contribution is 2.25. The van der Waals surface area contributed by atoms with Crippen LogP contribution in [0.3, 0.4) is 0 Å². The molecule has 1 amide bonds. The first-order valence-corrected chi connectivity index (χ1v) is 8.78. The van der Waals surface area contributed by atoms with Crippen molar-refractivity contribution in [2.24, 2.45) is 0 Å². The summed E-state index contributed by atoms with van der Waals surface area (Å²) in [6, 6.07) is 10.2. The number of carbonyl (C=O) groups is 1. The van der Waals surface area contributed by atoms with Gasteiger partial charge in [0.1, 0.15) is 12.1 Å². The van der Waals surface area contributed by atoms with Crippen LogP contribution in [0.1, 0.15) is 23.2 Å². The van der Waals surface area contributed by atoms with Gasteiger partial charge in [0.15, 0.2) is 0 Å². The summed E-state index contributed by atoms with van der Waals surface area (Å²) >= 11 is 0. The van der Waals surface area contributed by atoms with E-state index in [4.69, 9.17) is 0 Å². The van der Waals surface area contributed by atoms with Gasteiger partial charge in [0, 0.05) is 44.6 Å². The summed E-state index contributed by atoms with van der Waals surface area (Å²) in [5.74, 6) is 1.08. The van der Waals surface area contributed by atoms with Crippen LogP contribution in [0.15, 0.2) is 36.7 Å². The van der Waals surface area contributed by atoms with Crippen molar-refractivity contribution in [2.75, 3.05) is 25.5 Å². The first kappa shape index (κ1) is 16.0. The number of hydrogen-bond acceptors (Lipinski definition) is 5. The smallest absolute Gasteiger partial charge is 0.225 e. The highest BCUT2D eigenvalue weighted by Gasteiger charge is 2.30. The van der Waals surface area contributed by atoms with Gasteiger partial charge in [-0.2, -0.15) is 0 Å². The minimum Gasteiger partial charge on any atom is -0.365 e. The molecule has 6 nitrogen and oxygen atoms in total. The first-order valence-electron chi connectivity index (χ1n) is 8.78. The normalized spacial score (nSPS) is 20.6. The Hall–Kier alpha value is -2.47. The van der Waals surface area contributed by atoms with Crippen molar-refractivity contribution in [3.8, 4) is 0 Å². The molecule has 1 N–H and O–H groups in total. The zero-order valence-corrected chi connectivity index (χ0v) is 14.5. The van der Waals surface area contributed by atoms with Crippen LogP contribution in [0.25, 0.3) is 0 Å². The maximum atomic E-state index is 12.4. The molecule has 4 rings (SSSR count). The molecular weight excluding hydrogens is 314 g/mol. The van der Waals surface area contributed by atoms with Gasteiger partial charge in [-0.3, -0.25) is 4.79 Å². The molecule has 0 bridgehead atoms. The summed E-state index contributed by atoms with van der Waals surface area (Å²) in [4.78, 5) is 25.4. The fourth-order valence-electron chi connectivity index (χ4n) is 3.62. The van der Waals surface area contributed by atoms with Gasteiger partial charge in [0.2, 0.25) is 5.91 Å². The SMILES string of the molecule is CN1CCc2ncnc(NC3CC(=O)N(Cc4ccccc4)C3)c2C1. The van der Waals surface area contributed by atoms with Crippen LogP contribution in [-0.2, 0) is 24.3 Å². The number of amides is 1. The lowest BCUT2D eigenvalue weighted by atomic mass is 10.1. The Bertz CT molecular complexity index is 764. The van der Waals surface area contributed by atoms with Gasteiger partial charge in [-0.05, 0) is 12.6 Å². The van der Waals surface area contributed by atoms with Crippen LogP contribution in [0, 0.1) is 0 Å². The van der Waals surface area contributed by atoms with Crippen LogP contribution in [0.4, 0.5) is 5.82 Å². The van der Waals surface area contributed by atoms with Crippen molar-refractivity contribution in [1.29, 1.82) is 0 Å². The predicted octanol–water partition coefficient (Wildman–Crippen LogP) is 1.68. The Morgan fingerprint density at radius 3 is 2.92 bits per heavy atom. The fraction of sp³-hybridized carbons (Fsp3) is 0.421. The molecule has 1 aromatic carbocycles.